The molecule has 2 amide bonds. The maximum atomic E-state index is 13.1. The van der Waals surface area contributed by atoms with Crippen LogP contribution in [0.4, 0.5) is 8.78 Å². The Morgan fingerprint density at radius 1 is 0.963 bits per heavy atom. The number of halogens is 2. The monoisotopic (exact) mass is 376 g/mol. The maximum absolute atomic E-state index is 13.1. The van der Waals surface area contributed by atoms with Crippen LogP contribution in [0.1, 0.15) is 28.8 Å². The lowest BCUT2D eigenvalue weighted by atomic mass is 10.2. The Kier molecular flexibility index (Phi) is 7.73. The zero-order chi connectivity index (χ0) is 19.6. The number of benzene rings is 2. The predicted molar refractivity (Wildman–Crippen MR) is 97.6 cm³/mol. The summed E-state index contributed by atoms with van der Waals surface area (Å²) in [6.45, 7) is 2.73. The number of rotatable bonds is 9. The fourth-order valence-electron chi connectivity index (χ4n) is 2.29. The number of carbonyl (C=O) groups is 2. The standard InChI is InChI=1S/C20H22F2N2O3/c1-14-4-6-18(7-5-14)27-9-3-2-8-23-19(25)13-24-20(26)15-10-16(21)12-17(22)11-15/h4-7,10-12H,2-3,8-9,13H2,1H3,(H,23,25)(H,24,26). The summed E-state index contributed by atoms with van der Waals surface area (Å²) < 4.78 is 31.7. The predicted octanol–water partition coefficient (Wildman–Crippen LogP) is 2.98. The van der Waals surface area contributed by atoms with Crippen LogP contribution in [0, 0.1) is 18.6 Å². The molecule has 0 heterocycles. The first kappa shape index (κ1) is 20.4. The third kappa shape index (κ3) is 7.43. The fourth-order valence-corrected chi connectivity index (χ4v) is 2.29. The minimum absolute atomic E-state index is 0.173. The third-order valence-corrected chi connectivity index (χ3v) is 3.72. The first-order chi connectivity index (χ1) is 12.9. The van der Waals surface area contributed by atoms with E-state index in [9.17, 15) is 18.4 Å². The Morgan fingerprint density at radius 2 is 1.63 bits per heavy atom. The van der Waals surface area contributed by atoms with Crippen LogP contribution in [-0.4, -0.2) is 31.5 Å². The van der Waals surface area contributed by atoms with Crippen LogP contribution in [0.15, 0.2) is 42.5 Å². The molecule has 2 aromatic rings. The van der Waals surface area contributed by atoms with E-state index in [0.717, 1.165) is 30.7 Å². The number of nitrogens with one attached hydrogen (secondary N) is 2. The summed E-state index contributed by atoms with van der Waals surface area (Å²) in [6.07, 6.45) is 1.49. The normalized spacial score (nSPS) is 10.3. The molecule has 27 heavy (non-hydrogen) atoms. The molecule has 0 unspecified atom stereocenters. The SMILES string of the molecule is Cc1ccc(OCCCCNC(=O)CNC(=O)c2cc(F)cc(F)c2)cc1. The Morgan fingerprint density at radius 3 is 2.30 bits per heavy atom. The lowest BCUT2D eigenvalue weighted by Gasteiger charge is -2.08. The number of amides is 2. The van der Waals surface area contributed by atoms with Gasteiger partial charge < -0.3 is 15.4 Å². The Balaban J connectivity index is 1.58. The summed E-state index contributed by atoms with van der Waals surface area (Å²) in [5.74, 6) is -1.98. The van der Waals surface area contributed by atoms with Gasteiger partial charge in [-0.05, 0) is 44.0 Å². The second kappa shape index (κ2) is 10.3. The summed E-state index contributed by atoms with van der Waals surface area (Å²) in [7, 11) is 0. The molecule has 144 valence electrons. The number of ether oxygens (including phenoxy) is 1. The Labute approximate surface area is 156 Å². The molecule has 0 aliphatic heterocycles. The highest BCUT2D eigenvalue weighted by molar-refractivity contribution is 5.96. The van der Waals surface area contributed by atoms with Gasteiger partial charge in [-0.2, -0.15) is 0 Å². The van der Waals surface area contributed by atoms with E-state index in [1.165, 1.54) is 5.56 Å². The smallest absolute Gasteiger partial charge is 0.251 e. The fraction of sp³-hybridized carbons (Fsp3) is 0.300. The molecule has 2 rings (SSSR count). The topological polar surface area (TPSA) is 67.4 Å². The van der Waals surface area contributed by atoms with Crippen molar-refractivity contribution in [2.24, 2.45) is 0 Å². The van der Waals surface area contributed by atoms with E-state index >= 15 is 0 Å². The highest BCUT2D eigenvalue weighted by atomic mass is 19.1. The summed E-state index contributed by atoms with van der Waals surface area (Å²) in [4.78, 5) is 23.5. The number of hydrogen-bond acceptors (Lipinski definition) is 3. The molecular weight excluding hydrogens is 354 g/mol. The number of aryl methyl sites for hydroxylation is 1. The zero-order valence-electron chi connectivity index (χ0n) is 15.1. The molecule has 0 saturated carbocycles. The van der Waals surface area contributed by atoms with Gasteiger partial charge in [-0.1, -0.05) is 17.7 Å². The van der Waals surface area contributed by atoms with Gasteiger partial charge in [0.05, 0.1) is 13.2 Å². The summed E-state index contributed by atoms with van der Waals surface area (Å²) in [6, 6.07) is 10.2. The first-order valence-corrected chi connectivity index (χ1v) is 8.64. The van der Waals surface area contributed by atoms with Gasteiger partial charge >= 0.3 is 0 Å². The number of carbonyl (C=O) groups excluding carboxylic acids is 2. The Hall–Kier alpha value is -2.96. The minimum Gasteiger partial charge on any atom is -0.494 e. The first-order valence-electron chi connectivity index (χ1n) is 8.64. The Bertz CT molecular complexity index is 759. The molecule has 0 bridgehead atoms. The van der Waals surface area contributed by atoms with Crippen LogP contribution in [-0.2, 0) is 4.79 Å². The van der Waals surface area contributed by atoms with Crippen LogP contribution >= 0.6 is 0 Å². The van der Waals surface area contributed by atoms with E-state index in [2.05, 4.69) is 10.6 Å². The average Bonchev–Trinajstić information content (AvgIpc) is 2.63. The molecule has 0 atom stereocenters. The van der Waals surface area contributed by atoms with Gasteiger partial charge in [0.2, 0.25) is 5.91 Å². The lowest BCUT2D eigenvalue weighted by Crippen LogP contribution is -2.37. The average molecular weight is 376 g/mol. The van der Waals surface area contributed by atoms with Crippen molar-refractivity contribution >= 4 is 11.8 Å². The van der Waals surface area contributed by atoms with E-state index < -0.39 is 17.5 Å². The molecule has 0 aliphatic rings. The van der Waals surface area contributed by atoms with E-state index in [1.807, 2.05) is 31.2 Å². The van der Waals surface area contributed by atoms with Crippen LogP contribution in [0.5, 0.6) is 5.75 Å². The van der Waals surface area contributed by atoms with E-state index in [-0.39, 0.29) is 18.0 Å². The zero-order valence-corrected chi connectivity index (χ0v) is 15.1. The van der Waals surface area contributed by atoms with Crippen molar-refractivity contribution in [1.82, 2.24) is 10.6 Å². The molecule has 2 N–H and O–H groups in total. The van der Waals surface area contributed by atoms with Gasteiger partial charge in [0, 0.05) is 18.2 Å². The molecule has 0 spiro atoms. The molecular formula is C20H22F2N2O3. The van der Waals surface area contributed by atoms with Crippen molar-refractivity contribution in [2.45, 2.75) is 19.8 Å². The van der Waals surface area contributed by atoms with Crippen LogP contribution in [0.3, 0.4) is 0 Å². The summed E-state index contributed by atoms with van der Waals surface area (Å²) >= 11 is 0. The van der Waals surface area contributed by atoms with E-state index in [0.29, 0.717) is 19.2 Å². The van der Waals surface area contributed by atoms with Gasteiger partial charge in [-0.25, -0.2) is 8.78 Å². The summed E-state index contributed by atoms with van der Waals surface area (Å²) in [5.41, 5.74) is 0.994. The van der Waals surface area contributed by atoms with E-state index in [4.69, 9.17) is 4.74 Å². The molecule has 0 aromatic heterocycles. The second-order valence-corrected chi connectivity index (χ2v) is 6.06. The molecule has 2 aromatic carbocycles. The molecule has 0 saturated heterocycles. The van der Waals surface area contributed by atoms with Crippen LogP contribution in [0.25, 0.3) is 0 Å². The number of hydrogen-bond donors (Lipinski definition) is 2. The van der Waals surface area contributed by atoms with Gasteiger partial charge in [0.25, 0.3) is 5.91 Å². The van der Waals surface area contributed by atoms with Crippen LogP contribution < -0.4 is 15.4 Å². The second-order valence-electron chi connectivity index (χ2n) is 6.06. The molecule has 0 fully saturated rings. The highest BCUT2D eigenvalue weighted by Gasteiger charge is 2.10. The summed E-state index contributed by atoms with van der Waals surface area (Å²) in [5, 5.41) is 4.98. The van der Waals surface area contributed by atoms with Crippen molar-refractivity contribution in [3.05, 3.63) is 65.2 Å². The number of unbranched alkanes of at least 4 members (excludes halogenated alkanes) is 1. The quantitative estimate of drug-likeness (QED) is 0.661. The maximum Gasteiger partial charge on any atom is 0.251 e. The van der Waals surface area contributed by atoms with Gasteiger partial charge in [0.1, 0.15) is 17.4 Å². The van der Waals surface area contributed by atoms with Crippen LogP contribution in [0.2, 0.25) is 0 Å². The van der Waals surface area contributed by atoms with Gasteiger partial charge in [-0.3, -0.25) is 9.59 Å². The molecule has 0 aliphatic carbocycles. The van der Waals surface area contributed by atoms with Gasteiger partial charge in [0.15, 0.2) is 0 Å². The van der Waals surface area contributed by atoms with E-state index in [1.54, 1.807) is 0 Å². The highest BCUT2D eigenvalue weighted by Crippen LogP contribution is 2.11. The van der Waals surface area contributed by atoms with Crippen molar-refractivity contribution < 1.29 is 23.1 Å². The van der Waals surface area contributed by atoms with Crippen molar-refractivity contribution in [1.29, 1.82) is 0 Å². The lowest BCUT2D eigenvalue weighted by molar-refractivity contribution is -0.120. The van der Waals surface area contributed by atoms with Crippen molar-refractivity contribution in [3.8, 4) is 5.75 Å². The van der Waals surface area contributed by atoms with Crippen molar-refractivity contribution in [3.63, 3.8) is 0 Å². The van der Waals surface area contributed by atoms with Crippen molar-refractivity contribution in [2.75, 3.05) is 19.7 Å². The van der Waals surface area contributed by atoms with Gasteiger partial charge in [-0.15, -0.1) is 0 Å². The molecule has 5 nitrogen and oxygen atoms in total. The molecule has 0 radical (unpaired) electrons. The minimum atomic E-state index is -0.850. The molecule has 7 heteroatoms. The third-order valence-electron chi connectivity index (χ3n) is 3.72. The largest absolute Gasteiger partial charge is 0.494 e.